The number of halogens is 2. The fourth-order valence-electron chi connectivity index (χ4n) is 3.03. The summed E-state index contributed by atoms with van der Waals surface area (Å²) in [5.74, 6) is 0.469. The zero-order valence-electron chi connectivity index (χ0n) is 17.8. The minimum atomic E-state index is -0.294. The van der Waals surface area contributed by atoms with Gasteiger partial charge in [0.05, 0.1) is 17.0 Å². The predicted octanol–water partition coefficient (Wildman–Crippen LogP) is 6.06. The molecule has 0 unspecified atom stereocenters. The molecular formula is C25H19Cl2N5OS. The van der Waals surface area contributed by atoms with Crippen LogP contribution in [0.25, 0.3) is 23.2 Å². The standard InChI is InChI=1S/C25H19Cl2N5OS/c26-20-11-13-22(14-12-20)32-24(19-9-5-2-6-10-19)30-31-25(32)34-17-23(33)29-28-16-21(27)15-18-7-3-1-4-8-18/h1-16H,17H2,(H,29,33)/b21-15-,28-16+. The Morgan fingerprint density at radius 2 is 1.65 bits per heavy atom. The molecule has 1 heterocycles. The van der Waals surface area contributed by atoms with Gasteiger partial charge in [-0.3, -0.25) is 9.36 Å². The molecule has 1 aromatic heterocycles. The highest BCUT2D eigenvalue weighted by Gasteiger charge is 2.17. The highest BCUT2D eigenvalue weighted by atomic mass is 35.5. The fourth-order valence-corrected chi connectivity index (χ4v) is 4.08. The average Bonchev–Trinajstić information content (AvgIpc) is 3.28. The molecule has 0 aliphatic rings. The number of allylic oxidation sites excluding steroid dienone is 1. The first-order valence-corrected chi connectivity index (χ1v) is 12.0. The number of thioether (sulfide) groups is 1. The van der Waals surface area contributed by atoms with Crippen molar-refractivity contribution in [2.24, 2.45) is 5.10 Å². The van der Waals surface area contributed by atoms with Crippen LogP contribution in [0.4, 0.5) is 0 Å². The number of hydrazone groups is 1. The Balaban J connectivity index is 1.45. The smallest absolute Gasteiger partial charge is 0.250 e. The van der Waals surface area contributed by atoms with Crippen LogP contribution in [0.15, 0.2) is 100 Å². The maximum absolute atomic E-state index is 12.3. The van der Waals surface area contributed by atoms with Gasteiger partial charge in [0.25, 0.3) is 5.91 Å². The first-order chi connectivity index (χ1) is 16.6. The van der Waals surface area contributed by atoms with Gasteiger partial charge in [0.2, 0.25) is 0 Å². The average molecular weight is 508 g/mol. The van der Waals surface area contributed by atoms with Crippen molar-refractivity contribution in [1.29, 1.82) is 0 Å². The minimum absolute atomic E-state index is 0.0951. The van der Waals surface area contributed by atoms with Gasteiger partial charge in [-0.1, -0.05) is 95.6 Å². The van der Waals surface area contributed by atoms with E-state index >= 15 is 0 Å². The number of carbonyl (C=O) groups excluding carboxylic acids is 1. The molecule has 9 heteroatoms. The van der Waals surface area contributed by atoms with Crippen LogP contribution in [0.5, 0.6) is 0 Å². The van der Waals surface area contributed by atoms with Crippen LogP contribution >= 0.6 is 35.0 Å². The summed E-state index contributed by atoms with van der Waals surface area (Å²) in [6, 6.07) is 26.7. The third kappa shape index (κ3) is 6.35. The van der Waals surface area contributed by atoms with E-state index in [1.807, 2.05) is 77.4 Å². The summed E-state index contributed by atoms with van der Waals surface area (Å²) in [6.07, 6.45) is 3.15. The molecule has 0 saturated heterocycles. The maximum atomic E-state index is 12.3. The minimum Gasteiger partial charge on any atom is -0.272 e. The van der Waals surface area contributed by atoms with Crippen LogP contribution in [-0.4, -0.2) is 32.6 Å². The van der Waals surface area contributed by atoms with Gasteiger partial charge in [0, 0.05) is 16.3 Å². The number of amides is 1. The molecular weight excluding hydrogens is 489 g/mol. The van der Waals surface area contributed by atoms with Gasteiger partial charge in [-0.25, -0.2) is 5.43 Å². The molecule has 0 aliphatic carbocycles. The van der Waals surface area contributed by atoms with Gasteiger partial charge in [-0.05, 0) is 35.9 Å². The molecule has 0 aliphatic heterocycles. The third-order valence-electron chi connectivity index (χ3n) is 4.56. The molecule has 0 saturated carbocycles. The molecule has 1 amide bonds. The molecule has 0 radical (unpaired) electrons. The normalized spacial score (nSPS) is 11.6. The number of hydrogen-bond donors (Lipinski definition) is 1. The summed E-state index contributed by atoms with van der Waals surface area (Å²) in [7, 11) is 0. The maximum Gasteiger partial charge on any atom is 0.250 e. The third-order valence-corrected chi connectivity index (χ3v) is 5.95. The number of rotatable bonds is 8. The summed E-state index contributed by atoms with van der Waals surface area (Å²) in [5.41, 5.74) is 5.17. The Morgan fingerprint density at radius 3 is 2.35 bits per heavy atom. The largest absolute Gasteiger partial charge is 0.272 e. The van der Waals surface area contributed by atoms with Crippen molar-refractivity contribution in [1.82, 2.24) is 20.2 Å². The first-order valence-electron chi connectivity index (χ1n) is 10.2. The SMILES string of the molecule is O=C(CSc1nnc(-c2ccccc2)n1-c1ccc(Cl)cc1)N/N=C/C(Cl)=C/c1ccccc1. The fraction of sp³-hybridized carbons (Fsp3) is 0.0400. The van der Waals surface area contributed by atoms with Gasteiger partial charge >= 0.3 is 0 Å². The Kier molecular flexibility index (Phi) is 8.14. The number of hydrogen-bond acceptors (Lipinski definition) is 5. The van der Waals surface area contributed by atoms with Crippen molar-refractivity contribution >= 4 is 53.2 Å². The summed E-state index contributed by atoms with van der Waals surface area (Å²) in [4.78, 5) is 12.3. The molecule has 6 nitrogen and oxygen atoms in total. The van der Waals surface area contributed by atoms with Crippen LogP contribution in [0.3, 0.4) is 0 Å². The van der Waals surface area contributed by atoms with Gasteiger partial charge in [0.15, 0.2) is 11.0 Å². The van der Waals surface area contributed by atoms with Crippen LogP contribution in [0.2, 0.25) is 5.02 Å². The highest BCUT2D eigenvalue weighted by Crippen LogP contribution is 2.28. The molecule has 0 bridgehead atoms. The van der Waals surface area contributed by atoms with Crippen LogP contribution < -0.4 is 5.43 Å². The lowest BCUT2D eigenvalue weighted by molar-refractivity contribution is -0.118. The van der Waals surface area contributed by atoms with Gasteiger partial charge in [-0.2, -0.15) is 5.10 Å². The van der Waals surface area contributed by atoms with Gasteiger partial charge < -0.3 is 0 Å². The summed E-state index contributed by atoms with van der Waals surface area (Å²) in [6.45, 7) is 0. The highest BCUT2D eigenvalue weighted by molar-refractivity contribution is 7.99. The number of nitrogens with one attached hydrogen (secondary N) is 1. The quantitative estimate of drug-likeness (QED) is 0.178. The van der Waals surface area contributed by atoms with E-state index in [2.05, 4.69) is 20.7 Å². The Hall–Kier alpha value is -3.39. The monoisotopic (exact) mass is 507 g/mol. The second kappa shape index (κ2) is 11.7. The second-order valence-corrected chi connectivity index (χ2v) is 8.82. The number of benzene rings is 3. The molecule has 0 atom stereocenters. The van der Waals surface area contributed by atoms with Crippen molar-refractivity contribution in [3.63, 3.8) is 0 Å². The molecule has 0 fully saturated rings. The predicted molar refractivity (Wildman–Crippen MR) is 139 cm³/mol. The summed E-state index contributed by atoms with van der Waals surface area (Å²) >= 11 is 13.5. The van der Waals surface area contributed by atoms with E-state index in [0.29, 0.717) is 21.0 Å². The van der Waals surface area contributed by atoms with E-state index in [0.717, 1.165) is 16.8 Å². The van der Waals surface area contributed by atoms with Crippen molar-refractivity contribution in [3.8, 4) is 17.1 Å². The van der Waals surface area contributed by atoms with E-state index < -0.39 is 0 Å². The number of aromatic nitrogens is 3. The van der Waals surface area contributed by atoms with E-state index in [1.54, 1.807) is 18.2 Å². The van der Waals surface area contributed by atoms with E-state index in [1.165, 1.54) is 18.0 Å². The summed E-state index contributed by atoms with van der Waals surface area (Å²) in [5, 5.41) is 14.2. The molecule has 34 heavy (non-hydrogen) atoms. The molecule has 0 spiro atoms. The van der Waals surface area contributed by atoms with Crippen LogP contribution in [0.1, 0.15) is 5.56 Å². The Labute approximate surface area is 211 Å². The number of carbonyl (C=O) groups is 1. The first kappa shape index (κ1) is 23.8. The molecule has 3 aromatic carbocycles. The number of nitrogens with zero attached hydrogens (tertiary/aromatic N) is 4. The topological polar surface area (TPSA) is 72.2 Å². The Bertz CT molecular complexity index is 1310. The van der Waals surface area contributed by atoms with Gasteiger partial charge in [-0.15, -0.1) is 10.2 Å². The lowest BCUT2D eigenvalue weighted by atomic mass is 10.2. The molecule has 4 rings (SSSR count). The molecule has 4 aromatic rings. The van der Waals surface area contributed by atoms with Crippen LogP contribution in [-0.2, 0) is 4.79 Å². The van der Waals surface area contributed by atoms with Crippen molar-refractivity contribution in [3.05, 3.63) is 101 Å². The lowest BCUT2D eigenvalue weighted by Gasteiger charge is -2.10. The van der Waals surface area contributed by atoms with Gasteiger partial charge in [0.1, 0.15) is 0 Å². The zero-order chi connectivity index (χ0) is 23.8. The van der Waals surface area contributed by atoms with Crippen molar-refractivity contribution in [2.45, 2.75) is 5.16 Å². The van der Waals surface area contributed by atoms with E-state index in [9.17, 15) is 4.79 Å². The Morgan fingerprint density at radius 1 is 0.971 bits per heavy atom. The van der Waals surface area contributed by atoms with Crippen molar-refractivity contribution in [2.75, 3.05) is 5.75 Å². The van der Waals surface area contributed by atoms with Crippen LogP contribution in [0, 0.1) is 0 Å². The zero-order valence-corrected chi connectivity index (χ0v) is 20.1. The van der Waals surface area contributed by atoms with Crippen molar-refractivity contribution < 1.29 is 4.79 Å². The lowest BCUT2D eigenvalue weighted by Crippen LogP contribution is -2.19. The molecule has 1 N–H and O–H groups in total. The van der Waals surface area contributed by atoms with E-state index in [-0.39, 0.29) is 11.7 Å². The molecule has 170 valence electrons. The van der Waals surface area contributed by atoms with E-state index in [4.69, 9.17) is 23.2 Å². The summed E-state index contributed by atoms with van der Waals surface area (Å²) < 4.78 is 1.90. The second-order valence-electron chi connectivity index (χ2n) is 7.01.